The van der Waals surface area contributed by atoms with Gasteiger partial charge in [0.25, 0.3) is 0 Å². The van der Waals surface area contributed by atoms with Gasteiger partial charge in [-0.2, -0.15) is 0 Å². The maximum absolute atomic E-state index is 10.8. The molecule has 0 radical (unpaired) electrons. The van der Waals surface area contributed by atoms with Crippen molar-refractivity contribution in [2.75, 3.05) is 6.61 Å². The average molecular weight is 221 g/mol. The van der Waals surface area contributed by atoms with Crippen molar-refractivity contribution >= 4 is 5.97 Å². The van der Waals surface area contributed by atoms with E-state index in [1.165, 1.54) is 0 Å². The Morgan fingerprint density at radius 1 is 1.50 bits per heavy atom. The maximum Gasteiger partial charge on any atom is 0.325 e. The number of carbonyl (C=O) groups is 1. The Morgan fingerprint density at radius 2 is 2.19 bits per heavy atom. The first-order valence-electron chi connectivity index (χ1n) is 5.29. The molecule has 2 rings (SSSR count). The Hall–Kier alpha value is -1.39. The molecule has 4 N–H and O–H groups in total. The molecule has 0 amide bonds. The summed E-state index contributed by atoms with van der Waals surface area (Å²) in [6.07, 6.45) is 1.91. The molecule has 1 aromatic rings. The second-order valence-electron chi connectivity index (χ2n) is 4.38. The maximum atomic E-state index is 10.8. The van der Waals surface area contributed by atoms with Crippen LogP contribution in [0.25, 0.3) is 0 Å². The number of hydrogen-bond acceptors (Lipinski definition) is 3. The van der Waals surface area contributed by atoms with Crippen LogP contribution in [0.5, 0.6) is 0 Å². The molecule has 0 aromatic heterocycles. The van der Waals surface area contributed by atoms with Gasteiger partial charge in [-0.25, -0.2) is 0 Å². The number of carboxylic acids is 1. The Morgan fingerprint density at radius 3 is 2.69 bits per heavy atom. The predicted molar refractivity (Wildman–Crippen MR) is 59.0 cm³/mol. The number of aliphatic hydroxyl groups excluding tert-OH is 1. The van der Waals surface area contributed by atoms with E-state index in [-0.39, 0.29) is 12.0 Å². The Balaban J connectivity index is 2.30. The fourth-order valence-electron chi connectivity index (χ4n) is 1.89. The van der Waals surface area contributed by atoms with Crippen LogP contribution in [-0.2, 0) is 10.2 Å². The van der Waals surface area contributed by atoms with E-state index in [0.29, 0.717) is 5.56 Å². The van der Waals surface area contributed by atoms with Crippen molar-refractivity contribution in [3.05, 3.63) is 35.4 Å². The molecule has 16 heavy (non-hydrogen) atoms. The number of hydrogen-bond donors (Lipinski definition) is 3. The van der Waals surface area contributed by atoms with E-state index in [1.807, 2.05) is 6.07 Å². The van der Waals surface area contributed by atoms with Crippen molar-refractivity contribution in [1.29, 1.82) is 0 Å². The van der Waals surface area contributed by atoms with E-state index >= 15 is 0 Å². The summed E-state index contributed by atoms with van der Waals surface area (Å²) in [5.74, 6) is -1.04. The minimum absolute atomic E-state index is 0.110. The highest BCUT2D eigenvalue weighted by molar-refractivity contribution is 5.75. The molecule has 0 saturated heterocycles. The number of rotatable bonds is 4. The van der Waals surface area contributed by atoms with Gasteiger partial charge in [0.15, 0.2) is 0 Å². The van der Waals surface area contributed by atoms with Crippen molar-refractivity contribution in [2.24, 2.45) is 5.73 Å². The molecule has 1 saturated carbocycles. The monoisotopic (exact) mass is 221 g/mol. The van der Waals surface area contributed by atoms with Crippen LogP contribution in [0.2, 0.25) is 0 Å². The smallest absolute Gasteiger partial charge is 0.325 e. The van der Waals surface area contributed by atoms with Crippen LogP contribution < -0.4 is 5.73 Å². The summed E-state index contributed by atoms with van der Waals surface area (Å²) in [5.41, 5.74) is 6.98. The molecule has 4 nitrogen and oxygen atoms in total. The first kappa shape index (κ1) is 11.1. The SMILES string of the molecule is NC(C(=O)O)c1cccc(C2(CO)CC2)c1. The van der Waals surface area contributed by atoms with Gasteiger partial charge in [0.2, 0.25) is 0 Å². The molecular weight excluding hydrogens is 206 g/mol. The van der Waals surface area contributed by atoms with Crippen LogP contribution >= 0.6 is 0 Å². The minimum Gasteiger partial charge on any atom is -0.480 e. The Bertz CT molecular complexity index is 412. The lowest BCUT2D eigenvalue weighted by Gasteiger charge is -2.14. The molecule has 1 aromatic carbocycles. The van der Waals surface area contributed by atoms with Crippen molar-refractivity contribution in [3.63, 3.8) is 0 Å². The van der Waals surface area contributed by atoms with Crippen molar-refractivity contribution in [1.82, 2.24) is 0 Å². The van der Waals surface area contributed by atoms with Crippen LogP contribution in [0.3, 0.4) is 0 Å². The van der Waals surface area contributed by atoms with Crippen LogP contribution in [-0.4, -0.2) is 22.8 Å². The summed E-state index contributed by atoms with van der Waals surface area (Å²) in [6, 6.07) is 6.22. The number of aliphatic hydroxyl groups is 1. The zero-order valence-electron chi connectivity index (χ0n) is 8.89. The fraction of sp³-hybridized carbons (Fsp3) is 0.417. The summed E-state index contributed by atoms with van der Waals surface area (Å²) in [5, 5.41) is 18.1. The van der Waals surface area contributed by atoms with Gasteiger partial charge in [0.1, 0.15) is 6.04 Å². The first-order chi connectivity index (χ1) is 7.59. The van der Waals surface area contributed by atoms with Gasteiger partial charge >= 0.3 is 5.97 Å². The second kappa shape index (κ2) is 3.88. The van der Waals surface area contributed by atoms with Gasteiger partial charge in [-0.1, -0.05) is 24.3 Å². The molecular formula is C12H15NO3. The van der Waals surface area contributed by atoms with Crippen molar-refractivity contribution in [2.45, 2.75) is 24.3 Å². The highest BCUT2D eigenvalue weighted by Crippen LogP contribution is 2.47. The summed E-state index contributed by atoms with van der Waals surface area (Å²) in [6.45, 7) is 0.110. The Labute approximate surface area is 93.7 Å². The van der Waals surface area contributed by atoms with Crippen LogP contribution in [0.15, 0.2) is 24.3 Å². The van der Waals surface area contributed by atoms with Crippen LogP contribution in [0, 0.1) is 0 Å². The van der Waals surface area contributed by atoms with Gasteiger partial charge in [-0.15, -0.1) is 0 Å². The lowest BCUT2D eigenvalue weighted by atomic mass is 9.93. The van der Waals surface area contributed by atoms with Gasteiger partial charge in [-0.05, 0) is 24.0 Å². The molecule has 0 bridgehead atoms. The topological polar surface area (TPSA) is 83.6 Å². The molecule has 1 atom stereocenters. The number of aliphatic carboxylic acids is 1. The summed E-state index contributed by atoms with van der Waals surface area (Å²) >= 11 is 0. The zero-order chi connectivity index (χ0) is 11.8. The molecule has 4 heteroatoms. The van der Waals surface area contributed by atoms with Gasteiger partial charge in [0.05, 0.1) is 6.61 Å². The molecule has 1 fully saturated rings. The zero-order valence-corrected chi connectivity index (χ0v) is 8.89. The van der Waals surface area contributed by atoms with E-state index in [9.17, 15) is 9.90 Å². The average Bonchev–Trinajstić information content (AvgIpc) is 3.09. The highest BCUT2D eigenvalue weighted by atomic mass is 16.4. The lowest BCUT2D eigenvalue weighted by Crippen LogP contribution is -2.21. The van der Waals surface area contributed by atoms with E-state index in [2.05, 4.69) is 0 Å². The number of benzene rings is 1. The molecule has 86 valence electrons. The normalized spacial score (nSPS) is 19.1. The molecule has 1 unspecified atom stereocenters. The largest absolute Gasteiger partial charge is 0.480 e. The standard InChI is InChI=1S/C12H15NO3/c13-10(11(15)16)8-2-1-3-9(6-8)12(7-14)4-5-12/h1-3,6,10,14H,4-5,7,13H2,(H,15,16). The molecule has 0 aliphatic heterocycles. The second-order valence-corrected chi connectivity index (χ2v) is 4.38. The van der Waals surface area contributed by atoms with Crippen molar-refractivity contribution < 1.29 is 15.0 Å². The third-order valence-electron chi connectivity index (χ3n) is 3.28. The summed E-state index contributed by atoms with van der Waals surface area (Å²) in [4.78, 5) is 10.8. The number of nitrogens with two attached hydrogens (primary N) is 1. The lowest BCUT2D eigenvalue weighted by molar-refractivity contribution is -0.138. The summed E-state index contributed by atoms with van der Waals surface area (Å²) < 4.78 is 0. The van der Waals surface area contributed by atoms with Gasteiger partial charge in [0, 0.05) is 5.41 Å². The molecule has 1 aliphatic rings. The minimum atomic E-state index is -1.04. The quantitative estimate of drug-likeness (QED) is 0.702. The van der Waals surface area contributed by atoms with Crippen LogP contribution in [0.1, 0.15) is 30.0 Å². The van der Waals surface area contributed by atoms with Gasteiger partial charge < -0.3 is 15.9 Å². The predicted octanol–water partition coefficient (Wildman–Crippen LogP) is 0.795. The van der Waals surface area contributed by atoms with E-state index < -0.39 is 12.0 Å². The first-order valence-corrected chi connectivity index (χ1v) is 5.29. The molecule has 0 heterocycles. The van der Waals surface area contributed by atoms with Crippen molar-refractivity contribution in [3.8, 4) is 0 Å². The van der Waals surface area contributed by atoms with Crippen LogP contribution in [0.4, 0.5) is 0 Å². The third kappa shape index (κ3) is 1.81. The van der Waals surface area contributed by atoms with E-state index in [0.717, 1.165) is 18.4 Å². The highest BCUT2D eigenvalue weighted by Gasteiger charge is 2.43. The molecule has 0 spiro atoms. The van der Waals surface area contributed by atoms with Gasteiger partial charge in [-0.3, -0.25) is 4.79 Å². The van der Waals surface area contributed by atoms with E-state index in [1.54, 1.807) is 18.2 Å². The fourth-order valence-corrected chi connectivity index (χ4v) is 1.89. The van der Waals surface area contributed by atoms with E-state index in [4.69, 9.17) is 10.8 Å². The third-order valence-corrected chi connectivity index (χ3v) is 3.28. The Kier molecular flexibility index (Phi) is 2.69. The molecule has 1 aliphatic carbocycles. The number of carboxylic acid groups (broad SMARTS) is 1. The summed E-state index contributed by atoms with van der Waals surface area (Å²) in [7, 11) is 0.